The summed E-state index contributed by atoms with van der Waals surface area (Å²) in [6, 6.07) is 32.0. The highest BCUT2D eigenvalue weighted by Gasteiger charge is 2.23. The van der Waals surface area contributed by atoms with Crippen molar-refractivity contribution in [2.24, 2.45) is 0 Å². The van der Waals surface area contributed by atoms with Gasteiger partial charge >= 0.3 is 0 Å². The fourth-order valence-corrected chi connectivity index (χ4v) is 5.70. The summed E-state index contributed by atoms with van der Waals surface area (Å²) in [5.74, 6) is 1.18. The Hall–Kier alpha value is -4.31. The molecule has 1 amide bonds. The van der Waals surface area contributed by atoms with Crippen molar-refractivity contribution in [1.29, 1.82) is 0 Å². The van der Waals surface area contributed by atoms with Crippen LogP contribution in [0.4, 0.5) is 0 Å². The minimum absolute atomic E-state index is 0.0803. The molecule has 0 radical (unpaired) electrons. The Bertz CT molecular complexity index is 1750. The van der Waals surface area contributed by atoms with Gasteiger partial charge in [0.25, 0.3) is 5.91 Å². The lowest BCUT2D eigenvalue weighted by Crippen LogP contribution is -2.41. The van der Waals surface area contributed by atoms with E-state index in [1.165, 1.54) is 0 Å². The van der Waals surface area contributed by atoms with Crippen molar-refractivity contribution in [2.45, 2.75) is 25.1 Å². The number of ether oxygens (including phenoxy) is 2. The normalized spacial score (nSPS) is 12.6. The van der Waals surface area contributed by atoms with E-state index in [0.717, 1.165) is 22.1 Å². The number of hydrogen-bond donors (Lipinski definition) is 2. The molecule has 0 saturated heterocycles. The summed E-state index contributed by atoms with van der Waals surface area (Å²) < 4.78 is 11.3. The highest BCUT2D eigenvalue weighted by molar-refractivity contribution is 6.30. The van der Waals surface area contributed by atoms with Gasteiger partial charge in [0, 0.05) is 62.0 Å². The van der Waals surface area contributed by atoms with E-state index in [2.05, 4.69) is 9.88 Å². The molecule has 0 aliphatic rings. The number of carbonyl (C=O) groups is 1. The van der Waals surface area contributed by atoms with Crippen molar-refractivity contribution in [3.63, 3.8) is 0 Å². The Kier molecular flexibility index (Phi) is 11.9. The molecule has 0 aliphatic carbocycles. The van der Waals surface area contributed by atoms with Gasteiger partial charge in [-0.05, 0) is 71.6 Å². The second kappa shape index (κ2) is 16.5. The van der Waals surface area contributed by atoms with Crippen LogP contribution in [0.5, 0.6) is 11.5 Å². The lowest BCUT2D eigenvalue weighted by molar-refractivity contribution is 0.0566. The van der Waals surface area contributed by atoms with Crippen LogP contribution in [-0.2, 0) is 17.7 Å². The highest BCUT2D eigenvalue weighted by atomic mass is 35.5. The number of aromatic nitrogens is 1. The smallest absolute Gasteiger partial charge is 0.253 e. The Labute approximate surface area is 280 Å². The number of amides is 1. The van der Waals surface area contributed by atoms with Crippen molar-refractivity contribution in [1.82, 2.24) is 14.8 Å². The third-order valence-electron chi connectivity index (χ3n) is 8.15. The summed E-state index contributed by atoms with van der Waals surface area (Å²) in [6.45, 7) is 1.77. The van der Waals surface area contributed by atoms with Gasteiger partial charge in [-0.25, -0.2) is 0 Å². The van der Waals surface area contributed by atoms with Crippen molar-refractivity contribution in [2.75, 3.05) is 40.5 Å². The van der Waals surface area contributed by atoms with E-state index >= 15 is 0 Å². The molecule has 9 heteroatoms. The van der Waals surface area contributed by atoms with Crippen LogP contribution in [-0.4, -0.2) is 77.4 Å². The summed E-state index contributed by atoms with van der Waals surface area (Å²) in [5.41, 5.74) is 4.05. The number of rotatable bonds is 15. The first kappa shape index (κ1) is 34.0. The second-order valence-corrected chi connectivity index (χ2v) is 12.0. The number of benzene rings is 4. The lowest BCUT2D eigenvalue weighted by Gasteiger charge is -2.32. The van der Waals surface area contributed by atoms with Gasteiger partial charge in [0.2, 0.25) is 0 Å². The zero-order valence-electron chi connectivity index (χ0n) is 26.6. The molecule has 5 aromatic rings. The van der Waals surface area contributed by atoms with Crippen LogP contribution in [0, 0.1) is 0 Å². The first-order chi connectivity index (χ1) is 22.8. The van der Waals surface area contributed by atoms with Gasteiger partial charge in [-0.1, -0.05) is 66.2 Å². The highest BCUT2D eigenvalue weighted by Crippen LogP contribution is 2.30. The van der Waals surface area contributed by atoms with Crippen LogP contribution in [0.3, 0.4) is 0 Å². The van der Waals surface area contributed by atoms with E-state index in [0.29, 0.717) is 60.3 Å². The maximum atomic E-state index is 12.8. The molecule has 0 fully saturated rings. The van der Waals surface area contributed by atoms with Gasteiger partial charge < -0.3 is 24.6 Å². The summed E-state index contributed by atoms with van der Waals surface area (Å²) in [4.78, 5) is 21.0. The average Bonchev–Trinajstić information content (AvgIpc) is 3.10. The number of aliphatic hydroxyl groups excluding tert-OH is 2. The van der Waals surface area contributed by atoms with E-state index in [9.17, 15) is 15.0 Å². The van der Waals surface area contributed by atoms with Gasteiger partial charge in [-0.3, -0.25) is 14.7 Å². The minimum atomic E-state index is -0.775. The number of aliphatic hydroxyl groups is 2. The fourth-order valence-electron chi connectivity index (χ4n) is 5.50. The number of methoxy groups -OCH3 is 1. The molecule has 0 bridgehead atoms. The molecule has 2 N–H and O–H groups in total. The molecule has 47 heavy (non-hydrogen) atoms. The summed E-state index contributed by atoms with van der Waals surface area (Å²) >= 11 is 6.19. The molecule has 0 unspecified atom stereocenters. The number of hydrogen-bond acceptors (Lipinski definition) is 7. The van der Waals surface area contributed by atoms with Crippen LogP contribution in [0.25, 0.3) is 10.9 Å². The molecule has 4 aromatic carbocycles. The number of pyridine rings is 1. The van der Waals surface area contributed by atoms with Gasteiger partial charge in [-0.15, -0.1) is 0 Å². The van der Waals surface area contributed by atoms with E-state index in [1.807, 2.05) is 72.8 Å². The van der Waals surface area contributed by atoms with Crippen molar-refractivity contribution in [3.8, 4) is 11.5 Å². The zero-order chi connectivity index (χ0) is 33.2. The van der Waals surface area contributed by atoms with Gasteiger partial charge in [0.15, 0.2) is 0 Å². The standard InChI is InChI=1S/C38H40ClN3O5/c1-41(19-20-46-2)38(45)30-13-16-34-35(23-30)40-18-17-37(34)47-33-14-11-27(12-15-33)21-32(26-43)42(24-28-7-4-3-5-8-28)25-36(44)29-9-6-10-31(39)22-29/h3-18,22-23,32,36,43-44H,19-21,24-26H2,1-2H3/t32-,36-/m0/s1. The Balaban J connectivity index is 1.29. The second-order valence-electron chi connectivity index (χ2n) is 11.5. The zero-order valence-corrected chi connectivity index (χ0v) is 27.4. The van der Waals surface area contributed by atoms with Crippen LogP contribution in [0.1, 0.15) is 33.2 Å². The first-order valence-corrected chi connectivity index (χ1v) is 15.9. The Morgan fingerprint density at radius 1 is 0.936 bits per heavy atom. The van der Waals surface area contributed by atoms with Gasteiger partial charge in [0.1, 0.15) is 11.5 Å². The number of fused-ring (bicyclic) bond motifs is 1. The fraction of sp³-hybridized carbons (Fsp3) is 0.263. The molecule has 0 saturated carbocycles. The van der Waals surface area contributed by atoms with E-state index in [4.69, 9.17) is 21.1 Å². The average molecular weight is 654 g/mol. The maximum Gasteiger partial charge on any atom is 0.253 e. The van der Waals surface area contributed by atoms with E-state index in [-0.39, 0.29) is 18.6 Å². The Morgan fingerprint density at radius 2 is 1.72 bits per heavy atom. The topological polar surface area (TPSA) is 95.4 Å². The first-order valence-electron chi connectivity index (χ1n) is 15.6. The number of nitrogens with zero attached hydrogens (tertiary/aromatic N) is 3. The number of carbonyl (C=O) groups excluding carboxylic acids is 1. The van der Waals surface area contributed by atoms with Crippen LogP contribution < -0.4 is 4.74 Å². The molecule has 0 spiro atoms. The molecule has 5 rings (SSSR count). The molecule has 2 atom stereocenters. The summed E-state index contributed by atoms with van der Waals surface area (Å²) in [6.07, 6.45) is 1.46. The third-order valence-corrected chi connectivity index (χ3v) is 8.38. The quantitative estimate of drug-likeness (QED) is 0.133. The molecule has 1 heterocycles. The van der Waals surface area contributed by atoms with Crippen molar-refractivity contribution in [3.05, 3.63) is 137 Å². The SMILES string of the molecule is COCCN(C)C(=O)c1ccc2c(Oc3ccc(C[C@@H](CO)N(Cc4ccccc4)C[C@H](O)c4cccc(Cl)c4)cc3)ccnc2c1. The van der Waals surface area contributed by atoms with Crippen LogP contribution in [0.2, 0.25) is 5.02 Å². The van der Waals surface area contributed by atoms with Crippen LogP contribution in [0.15, 0.2) is 109 Å². The monoisotopic (exact) mass is 653 g/mol. The van der Waals surface area contributed by atoms with E-state index in [1.54, 1.807) is 55.6 Å². The van der Waals surface area contributed by atoms with Crippen molar-refractivity contribution < 1.29 is 24.5 Å². The number of likely N-dealkylation sites (N-methyl/N-ethyl adjacent to an activating group) is 1. The third kappa shape index (κ3) is 9.16. The van der Waals surface area contributed by atoms with Crippen molar-refractivity contribution >= 4 is 28.4 Å². The molecular weight excluding hydrogens is 614 g/mol. The predicted octanol–water partition coefficient (Wildman–Crippen LogP) is 6.54. The van der Waals surface area contributed by atoms with E-state index < -0.39 is 6.10 Å². The maximum absolute atomic E-state index is 12.8. The Morgan fingerprint density at radius 3 is 2.45 bits per heavy atom. The largest absolute Gasteiger partial charge is 0.457 e. The van der Waals surface area contributed by atoms with Gasteiger partial charge in [0.05, 0.1) is 24.8 Å². The van der Waals surface area contributed by atoms with Crippen LogP contribution >= 0.6 is 11.6 Å². The van der Waals surface area contributed by atoms with Gasteiger partial charge in [-0.2, -0.15) is 0 Å². The lowest BCUT2D eigenvalue weighted by atomic mass is 10.0. The molecule has 8 nitrogen and oxygen atoms in total. The molecule has 244 valence electrons. The summed E-state index contributed by atoms with van der Waals surface area (Å²) in [5, 5.41) is 23.0. The summed E-state index contributed by atoms with van der Waals surface area (Å²) in [7, 11) is 3.35. The number of halogens is 1. The predicted molar refractivity (Wildman–Crippen MR) is 185 cm³/mol. The molecule has 1 aromatic heterocycles. The minimum Gasteiger partial charge on any atom is -0.457 e. The molecular formula is C38H40ClN3O5. The molecule has 0 aliphatic heterocycles.